The van der Waals surface area contributed by atoms with Gasteiger partial charge in [0, 0.05) is 11.8 Å². The van der Waals surface area contributed by atoms with E-state index in [0.717, 1.165) is 17.4 Å². The summed E-state index contributed by atoms with van der Waals surface area (Å²) >= 11 is 0. The molecule has 3 nitrogen and oxygen atoms in total. The molecule has 0 aliphatic rings. The van der Waals surface area contributed by atoms with Gasteiger partial charge in [0.05, 0.1) is 11.3 Å². The molecule has 0 radical (unpaired) electrons. The molecule has 0 N–H and O–H groups in total. The quantitative estimate of drug-likeness (QED) is 0.684. The molecule has 3 rings (SSSR count). The average Bonchev–Trinajstić information content (AvgIpc) is 2.93. The van der Waals surface area contributed by atoms with E-state index < -0.39 is 0 Å². The second kappa shape index (κ2) is 5.32. The number of aromatic nitrogens is 2. The Bertz CT molecular complexity index is 774. The molecule has 0 aliphatic heterocycles. The maximum absolute atomic E-state index is 13.0. The Kier molecular flexibility index (Phi) is 3.36. The minimum absolute atomic E-state index is 0.305. The van der Waals surface area contributed by atoms with Crippen LogP contribution in [-0.4, -0.2) is 16.1 Å². The fourth-order valence-corrected chi connectivity index (χ4v) is 2.14. The fourth-order valence-electron chi connectivity index (χ4n) is 2.14. The summed E-state index contributed by atoms with van der Waals surface area (Å²) in [5.74, 6) is -0.305. The van der Waals surface area contributed by atoms with Crippen LogP contribution in [0.5, 0.6) is 0 Å². The molecule has 0 fully saturated rings. The van der Waals surface area contributed by atoms with E-state index in [1.165, 1.54) is 12.1 Å². The summed E-state index contributed by atoms with van der Waals surface area (Å²) in [4.78, 5) is 11.3. The number of nitrogens with zero attached hydrogens (tertiary/aromatic N) is 2. The van der Waals surface area contributed by atoms with Crippen LogP contribution in [0.15, 0.2) is 54.7 Å². The van der Waals surface area contributed by atoms with E-state index in [1.807, 2.05) is 31.2 Å². The number of carbonyl (C=O) groups is 1. The molecule has 21 heavy (non-hydrogen) atoms. The molecule has 104 valence electrons. The topological polar surface area (TPSA) is 34.9 Å². The van der Waals surface area contributed by atoms with Gasteiger partial charge in [-0.25, -0.2) is 9.07 Å². The smallest absolute Gasteiger partial charge is 0.153 e. The van der Waals surface area contributed by atoms with Gasteiger partial charge in [0.15, 0.2) is 6.29 Å². The molecule has 0 amide bonds. The highest BCUT2D eigenvalue weighted by Crippen LogP contribution is 2.23. The molecule has 0 saturated carbocycles. The third-order valence-electron chi connectivity index (χ3n) is 3.29. The van der Waals surface area contributed by atoms with Gasteiger partial charge in [-0.15, -0.1) is 0 Å². The van der Waals surface area contributed by atoms with Gasteiger partial charge in [0.2, 0.25) is 0 Å². The highest BCUT2D eigenvalue weighted by atomic mass is 19.1. The molecular formula is C17H13FN2O. The molecule has 2 aromatic carbocycles. The van der Waals surface area contributed by atoms with Crippen molar-refractivity contribution in [1.29, 1.82) is 0 Å². The van der Waals surface area contributed by atoms with E-state index in [2.05, 4.69) is 5.10 Å². The van der Waals surface area contributed by atoms with E-state index >= 15 is 0 Å². The van der Waals surface area contributed by atoms with E-state index in [9.17, 15) is 9.18 Å². The van der Waals surface area contributed by atoms with Gasteiger partial charge < -0.3 is 0 Å². The second-order valence-corrected chi connectivity index (χ2v) is 4.84. The maximum atomic E-state index is 13.0. The number of aldehydes is 1. The van der Waals surface area contributed by atoms with Gasteiger partial charge in [-0.1, -0.05) is 29.8 Å². The second-order valence-electron chi connectivity index (χ2n) is 4.84. The first-order chi connectivity index (χ1) is 10.2. The Balaban J connectivity index is 2.08. The zero-order valence-corrected chi connectivity index (χ0v) is 11.5. The molecule has 0 aliphatic carbocycles. The fraction of sp³-hybridized carbons (Fsp3) is 0.0588. The lowest BCUT2D eigenvalue weighted by Crippen LogP contribution is -1.94. The SMILES string of the molecule is Cc1ccc(-c2nn(-c3ccc(F)cc3)cc2C=O)cc1. The lowest BCUT2D eigenvalue weighted by molar-refractivity contribution is 0.112. The number of halogens is 1. The summed E-state index contributed by atoms with van der Waals surface area (Å²) in [6.07, 6.45) is 2.43. The largest absolute Gasteiger partial charge is 0.298 e. The summed E-state index contributed by atoms with van der Waals surface area (Å²) < 4.78 is 14.6. The number of aryl methyl sites for hydroxylation is 1. The Morgan fingerprint density at radius 1 is 1.05 bits per heavy atom. The van der Waals surface area contributed by atoms with Gasteiger partial charge in [-0.05, 0) is 31.2 Å². The maximum Gasteiger partial charge on any atom is 0.153 e. The molecule has 0 saturated heterocycles. The number of rotatable bonds is 3. The van der Waals surface area contributed by atoms with Gasteiger partial charge >= 0.3 is 0 Å². The first kappa shape index (κ1) is 13.2. The molecule has 3 aromatic rings. The summed E-state index contributed by atoms with van der Waals surface area (Å²) in [5.41, 5.74) is 3.85. The van der Waals surface area contributed by atoms with Crippen LogP contribution in [0.2, 0.25) is 0 Å². The molecule has 0 unspecified atom stereocenters. The summed E-state index contributed by atoms with van der Waals surface area (Å²) in [5, 5.41) is 4.44. The van der Waals surface area contributed by atoms with Gasteiger partial charge in [0.1, 0.15) is 11.5 Å². The molecule has 0 bridgehead atoms. The molecule has 0 spiro atoms. The zero-order chi connectivity index (χ0) is 14.8. The van der Waals surface area contributed by atoms with Gasteiger partial charge in [-0.2, -0.15) is 5.10 Å². The third-order valence-corrected chi connectivity index (χ3v) is 3.29. The first-order valence-corrected chi connectivity index (χ1v) is 6.55. The van der Waals surface area contributed by atoms with E-state index in [1.54, 1.807) is 23.0 Å². The van der Waals surface area contributed by atoms with Gasteiger partial charge in [0.25, 0.3) is 0 Å². The summed E-state index contributed by atoms with van der Waals surface area (Å²) in [6.45, 7) is 2.00. The van der Waals surface area contributed by atoms with E-state index in [4.69, 9.17) is 0 Å². The predicted molar refractivity (Wildman–Crippen MR) is 79.1 cm³/mol. The molecule has 0 atom stereocenters. The highest BCUT2D eigenvalue weighted by Gasteiger charge is 2.11. The number of carbonyl (C=O) groups excluding carboxylic acids is 1. The van der Waals surface area contributed by atoms with Crippen LogP contribution in [-0.2, 0) is 0 Å². The third kappa shape index (κ3) is 2.60. The van der Waals surface area contributed by atoms with Crippen LogP contribution in [0, 0.1) is 12.7 Å². The first-order valence-electron chi connectivity index (χ1n) is 6.55. The summed E-state index contributed by atoms with van der Waals surface area (Å²) in [6, 6.07) is 13.8. The molecule has 4 heteroatoms. The lowest BCUT2D eigenvalue weighted by atomic mass is 10.1. The monoisotopic (exact) mass is 280 g/mol. The standard InChI is InChI=1S/C17H13FN2O/c1-12-2-4-13(5-3-12)17-14(11-21)10-20(19-17)16-8-6-15(18)7-9-16/h2-11H,1H3. The minimum atomic E-state index is -0.305. The van der Waals surface area contributed by atoms with Gasteiger partial charge in [-0.3, -0.25) is 4.79 Å². The van der Waals surface area contributed by atoms with Crippen LogP contribution < -0.4 is 0 Å². The van der Waals surface area contributed by atoms with Crippen LogP contribution in [0.3, 0.4) is 0 Å². The molecular weight excluding hydrogens is 267 g/mol. The molecule has 1 aromatic heterocycles. The Morgan fingerprint density at radius 3 is 2.33 bits per heavy atom. The van der Waals surface area contributed by atoms with Crippen molar-refractivity contribution >= 4 is 6.29 Å². The number of benzene rings is 2. The Hall–Kier alpha value is -2.75. The van der Waals surface area contributed by atoms with Crippen LogP contribution in [0.25, 0.3) is 16.9 Å². The Morgan fingerprint density at radius 2 is 1.71 bits per heavy atom. The van der Waals surface area contributed by atoms with Crippen molar-refractivity contribution in [1.82, 2.24) is 9.78 Å². The van der Waals surface area contributed by atoms with Crippen LogP contribution >= 0.6 is 0 Å². The van der Waals surface area contributed by atoms with Crippen molar-refractivity contribution in [2.45, 2.75) is 6.92 Å². The highest BCUT2D eigenvalue weighted by molar-refractivity contribution is 5.85. The number of hydrogen-bond acceptors (Lipinski definition) is 2. The van der Waals surface area contributed by atoms with Crippen molar-refractivity contribution in [3.63, 3.8) is 0 Å². The summed E-state index contributed by atoms with van der Waals surface area (Å²) in [7, 11) is 0. The lowest BCUT2D eigenvalue weighted by Gasteiger charge is -2.01. The minimum Gasteiger partial charge on any atom is -0.298 e. The van der Waals surface area contributed by atoms with Crippen molar-refractivity contribution in [2.24, 2.45) is 0 Å². The van der Waals surface area contributed by atoms with Crippen LogP contribution in [0.1, 0.15) is 15.9 Å². The van der Waals surface area contributed by atoms with Crippen molar-refractivity contribution in [2.75, 3.05) is 0 Å². The normalized spacial score (nSPS) is 10.6. The Labute approximate surface area is 121 Å². The van der Waals surface area contributed by atoms with Crippen molar-refractivity contribution < 1.29 is 9.18 Å². The zero-order valence-electron chi connectivity index (χ0n) is 11.5. The van der Waals surface area contributed by atoms with Crippen molar-refractivity contribution in [3.8, 4) is 16.9 Å². The van der Waals surface area contributed by atoms with Crippen molar-refractivity contribution in [3.05, 3.63) is 71.7 Å². The van der Waals surface area contributed by atoms with E-state index in [0.29, 0.717) is 16.9 Å². The number of hydrogen-bond donors (Lipinski definition) is 0. The average molecular weight is 280 g/mol. The van der Waals surface area contributed by atoms with Crippen LogP contribution in [0.4, 0.5) is 4.39 Å². The molecule has 1 heterocycles. The predicted octanol–water partition coefficient (Wildman–Crippen LogP) is 3.80. The van der Waals surface area contributed by atoms with E-state index in [-0.39, 0.29) is 5.82 Å².